The summed E-state index contributed by atoms with van der Waals surface area (Å²) < 4.78 is 16.6. The van der Waals surface area contributed by atoms with Crippen molar-refractivity contribution >= 4 is 5.78 Å². The molecule has 0 radical (unpaired) electrons. The molecule has 5 nitrogen and oxygen atoms in total. The zero-order valence-electron chi connectivity index (χ0n) is 11.5. The monoisotopic (exact) mass is 277 g/mol. The van der Waals surface area contributed by atoms with Gasteiger partial charge in [-0.3, -0.25) is 9.69 Å². The van der Waals surface area contributed by atoms with Crippen LogP contribution in [0.15, 0.2) is 18.2 Å². The molecule has 108 valence electrons. The average Bonchev–Trinajstić information content (AvgIpc) is 2.49. The van der Waals surface area contributed by atoms with E-state index >= 15 is 0 Å². The van der Waals surface area contributed by atoms with Crippen LogP contribution in [0, 0.1) is 0 Å². The molecule has 1 fully saturated rings. The quantitative estimate of drug-likeness (QED) is 0.831. The summed E-state index contributed by atoms with van der Waals surface area (Å²) in [5.41, 5.74) is 0.598. The molecule has 0 amide bonds. The van der Waals surface area contributed by atoms with Crippen LogP contribution in [-0.2, 0) is 4.74 Å². The lowest BCUT2D eigenvalue weighted by Gasteiger charge is -2.26. The van der Waals surface area contributed by atoms with E-state index in [1.807, 2.05) is 18.2 Å². The third-order valence-corrected chi connectivity index (χ3v) is 3.62. The van der Waals surface area contributed by atoms with Crippen LogP contribution < -0.4 is 9.47 Å². The lowest BCUT2D eigenvalue weighted by molar-refractivity contribution is 0.0322. The largest absolute Gasteiger partial charge is 0.492 e. The van der Waals surface area contributed by atoms with Crippen molar-refractivity contribution in [2.24, 2.45) is 0 Å². The second-order valence-electron chi connectivity index (χ2n) is 4.95. The molecule has 2 aliphatic heterocycles. The molecular formula is C15H19NO4. The van der Waals surface area contributed by atoms with Crippen LogP contribution in [0.1, 0.15) is 16.8 Å². The molecular weight excluding hydrogens is 258 g/mol. The second-order valence-corrected chi connectivity index (χ2v) is 4.95. The first-order chi connectivity index (χ1) is 9.84. The van der Waals surface area contributed by atoms with E-state index in [4.69, 9.17) is 14.2 Å². The first kappa shape index (κ1) is 13.4. The van der Waals surface area contributed by atoms with Crippen molar-refractivity contribution in [3.63, 3.8) is 0 Å². The second kappa shape index (κ2) is 6.24. The minimum atomic E-state index is 0.105. The van der Waals surface area contributed by atoms with Crippen LogP contribution >= 0.6 is 0 Å². The van der Waals surface area contributed by atoms with Crippen molar-refractivity contribution in [2.45, 2.75) is 6.42 Å². The fourth-order valence-corrected chi connectivity index (χ4v) is 2.51. The molecule has 0 unspecified atom stereocenters. The predicted octanol–water partition coefficient (Wildman–Crippen LogP) is 1.36. The Kier molecular flexibility index (Phi) is 4.18. The van der Waals surface area contributed by atoms with Crippen molar-refractivity contribution in [2.75, 3.05) is 46.1 Å². The fraction of sp³-hybridized carbons (Fsp3) is 0.533. The topological polar surface area (TPSA) is 48.0 Å². The maximum Gasteiger partial charge on any atom is 0.173 e. The van der Waals surface area contributed by atoms with Crippen molar-refractivity contribution in [3.8, 4) is 11.5 Å². The number of ketones is 1. The highest BCUT2D eigenvalue weighted by molar-refractivity contribution is 6.02. The van der Waals surface area contributed by atoms with E-state index in [1.165, 1.54) is 0 Å². The van der Waals surface area contributed by atoms with Crippen LogP contribution in [0.5, 0.6) is 11.5 Å². The minimum Gasteiger partial charge on any atom is -0.492 e. The smallest absolute Gasteiger partial charge is 0.173 e. The van der Waals surface area contributed by atoms with Crippen LogP contribution in [0.2, 0.25) is 0 Å². The molecule has 2 heterocycles. The summed E-state index contributed by atoms with van der Waals surface area (Å²) in [6.45, 7) is 5.34. The molecule has 0 spiro atoms. The Morgan fingerprint density at radius 1 is 1.20 bits per heavy atom. The number of fused-ring (bicyclic) bond motifs is 1. The number of carbonyl (C=O) groups excluding carboxylic acids is 1. The summed E-state index contributed by atoms with van der Waals surface area (Å²) in [6, 6.07) is 5.52. The Balaban J connectivity index is 1.61. The number of Topliss-reactive ketones (excluding diaryl/α,β-unsaturated/α-hetero) is 1. The number of carbonyl (C=O) groups is 1. The van der Waals surface area contributed by atoms with Gasteiger partial charge in [-0.25, -0.2) is 0 Å². The van der Waals surface area contributed by atoms with Crippen molar-refractivity contribution in [1.82, 2.24) is 4.90 Å². The third-order valence-electron chi connectivity index (χ3n) is 3.62. The van der Waals surface area contributed by atoms with Gasteiger partial charge < -0.3 is 14.2 Å². The summed E-state index contributed by atoms with van der Waals surface area (Å²) in [7, 11) is 0. The van der Waals surface area contributed by atoms with E-state index in [9.17, 15) is 4.79 Å². The molecule has 20 heavy (non-hydrogen) atoms. The predicted molar refractivity (Wildman–Crippen MR) is 73.6 cm³/mol. The van der Waals surface area contributed by atoms with Gasteiger partial charge in [0.1, 0.15) is 23.7 Å². The number of hydrogen-bond acceptors (Lipinski definition) is 5. The molecule has 3 rings (SSSR count). The summed E-state index contributed by atoms with van der Waals surface area (Å²) in [5.74, 6) is 1.39. The van der Waals surface area contributed by atoms with E-state index < -0.39 is 0 Å². The first-order valence-electron chi connectivity index (χ1n) is 7.06. The number of morpholine rings is 1. The highest BCUT2D eigenvalue weighted by atomic mass is 16.5. The molecule has 5 heteroatoms. The van der Waals surface area contributed by atoms with Crippen LogP contribution in [0.3, 0.4) is 0 Å². The molecule has 1 aromatic rings. The first-order valence-corrected chi connectivity index (χ1v) is 7.06. The highest BCUT2D eigenvalue weighted by Crippen LogP contribution is 2.32. The van der Waals surface area contributed by atoms with Crippen LogP contribution in [-0.4, -0.2) is 56.7 Å². The van der Waals surface area contributed by atoms with Gasteiger partial charge in [0, 0.05) is 26.1 Å². The molecule has 0 N–H and O–H groups in total. The summed E-state index contributed by atoms with van der Waals surface area (Å²) in [5, 5.41) is 0. The van der Waals surface area contributed by atoms with Crippen molar-refractivity contribution < 1.29 is 19.0 Å². The van der Waals surface area contributed by atoms with Crippen molar-refractivity contribution in [1.29, 1.82) is 0 Å². The van der Waals surface area contributed by atoms with E-state index in [0.717, 1.165) is 32.8 Å². The zero-order chi connectivity index (χ0) is 13.8. The van der Waals surface area contributed by atoms with Gasteiger partial charge in [-0.1, -0.05) is 6.07 Å². The van der Waals surface area contributed by atoms with Gasteiger partial charge >= 0.3 is 0 Å². The van der Waals surface area contributed by atoms with E-state index in [2.05, 4.69) is 4.90 Å². The lowest BCUT2D eigenvalue weighted by atomic mass is 10.0. The van der Waals surface area contributed by atoms with Gasteiger partial charge in [0.25, 0.3) is 0 Å². The molecule has 0 bridgehead atoms. The highest BCUT2D eigenvalue weighted by Gasteiger charge is 2.23. The van der Waals surface area contributed by atoms with Gasteiger partial charge in [0.05, 0.1) is 19.8 Å². The third kappa shape index (κ3) is 2.94. The molecule has 0 atom stereocenters. The maximum atomic E-state index is 12.0. The van der Waals surface area contributed by atoms with Gasteiger partial charge in [-0.15, -0.1) is 0 Å². The van der Waals surface area contributed by atoms with Gasteiger partial charge in [-0.2, -0.15) is 0 Å². The number of ether oxygens (including phenoxy) is 3. The standard InChI is InChI=1S/C15H19NO4/c17-12-4-8-19-13-2-1-3-14(15(12)13)20-11-7-16-5-9-18-10-6-16/h1-3H,4-11H2. The normalized spacial score (nSPS) is 19.3. The van der Waals surface area contributed by atoms with Crippen molar-refractivity contribution in [3.05, 3.63) is 23.8 Å². The van der Waals surface area contributed by atoms with E-state index in [1.54, 1.807) is 0 Å². The molecule has 0 aromatic heterocycles. The minimum absolute atomic E-state index is 0.105. The Bertz CT molecular complexity index is 483. The van der Waals surface area contributed by atoms with E-state index in [-0.39, 0.29) is 5.78 Å². The molecule has 0 aliphatic carbocycles. The summed E-state index contributed by atoms with van der Waals surface area (Å²) >= 11 is 0. The van der Waals surface area contributed by atoms with Crippen LogP contribution in [0.25, 0.3) is 0 Å². The lowest BCUT2D eigenvalue weighted by Crippen LogP contribution is -2.38. The SMILES string of the molecule is O=C1CCOc2cccc(OCCN3CCOCC3)c21. The molecule has 0 saturated carbocycles. The zero-order valence-corrected chi connectivity index (χ0v) is 11.5. The van der Waals surface area contributed by atoms with Gasteiger partial charge in [0.15, 0.2) is 5.78 Å². The van der Waals surface area contributed by atoms with E-state index in [0.29, 0.717) is 36.7 Å². The molecule has 2 aliphatic rings. The molecule has 1 saturated heterocycles. The fourth-order valence-electron chi connectivity index (χ4n) is 2.51. The Labute approximate surface area is 118 Å². The van der Waals surface area contributed by atoms with Gasteiger partial charge in [0.2, 0.25) is 0 Å². The Hall–Kier alpha value is -1.59. The van der Waals surface area contributed by atoms with Gasteiger partial charge in [-0.05, 0) is 12.1 Å². The Morgan fingerprint density at radius 3 is 2.90 bits per heavy atom. The average molecular weight is 277 g/mol. The Morgan fingerprint density at radius 2 is 2.05 bits per heavy atom. The number of benzene rings is 1. The van der Waals surface area contributed by atoms with Crippen LogP contribution in [0.4, 0.5) is 0 Å². The number of hydrogen-bond donors (Lipinski definition) is 0. The number of rotatable bonds is 4. The summed E-state index contributed by atoms with van der Waals surface area (Å²) in [6.07, 6.45) is 0.427. The summed E-state index contributed by atoms with van der Waals surface area (Å²) in [4.78, 5) is 14.3. The maximum absolute atomic E-state index is 12.0. The molecule has 1 aromatic carbocycles. The number of nitrogens with zero attached hydrogens (tertiary/aromatic N) is 1.